The van der Waals surface area contributed by atoms with Crippen LogP contribution >= 0.6 is 0 Å². The summed E-state index contributed by atoms with van der Waals surface area (Å²) in [5, 5.41) is 10.8. The zero-order chi connectivity index (χ0) is 13.5. The van der Waals surface area contributed by atoms with Crippen LogP contribution in [0, 0.1) is 10.1 Å². The smallest absolute Gasteiger partial charge is 0.314 e. The molecule has 0 radical (unpaired) electrons. The van der Waals surface area contributed by atoms with E-state index < -0.39 is 4.92 Å². The summed E-state index contributed by atoms with van der Waals surface area (Å²) in [5.41, 5.74) is -0.137. The highest BCUT2D eigenvalue weighted by Crippen LogP contribution is 2.30. The minimum atomic E-state index is -0.527. The summed E-state index contributed by atoms with van der Waals surface area (Å²) in [5.74, 6) is 0.682. The Hall–Kier alpha value is -2.11. The van der Waals surface area contributed by atoms with E-state index in [4.69, 9.17) is 9.47 Å². The predicted octanol–water partition coefficient (Wildman–Crippen LogP) is 2.35. The standard InChI is InChI=1S/C12H15NO5/c1-9(14)4-3-7-18-10-5-6-12(17-2)11(8-10)13(15)16/h5-6,8H,3-4,7H2,1-2H3. The molecule has 1 aromatic carbocycles. The van der Waals surface area contributed by atoms with Gasteiger partial charge in [0.1, 0.15) is 11.5 Å². The molecule has 0 saturated carbocycles. The van der Waals surface area contributed by atoms with E-state index in [9.17, 15) is 14.9 Å². The molecule has 18 heavy (non-hydrogen) atoms. The summed E-state index contributed by atoms with van der Waals surface area (Å²) in [4.78, 5) is 21.0. The Morgan fingerprint density at radius 2 is 2.17 bits per heavy atom. The molecule has 0 bridgehead atoms. The number of benzene rings is 1. The van der Waals surface area contributed by atoms with Gasteiger partial charge in [0.15, 0.2) is 5.75 Å². The lowest BCUT2D eigenvalue weighted by Crippen LogP contribution is -2.01. The maximum Gasteiger partial charge on any atom is 0.314 e. The normalized spacial score (nSPS) is 9.89. The maximum absolute atomic E-state index is 10.8. The first-order valence-electron chi connectivity index (χ1n) is 5.49. The lowest BCUT2D eigenvalue weighted by molar-refractivity contribution is -0.385. The van der Waals surface area contributed by atoms with Gasteiger partial charge in [0.2, 0.25) is 0 Å². The molecule has 0 aromatic heterocycles. The Labute approximate surface area is 105 Å². The van der Waals surface area contributed by atoms with E-state index in [2.05, 4.69) is 0 Å². The highest BCUT2D eigenvalue weighted by Gasteiger charge is 2.15. The van der Waals surface area contributed by atoms with E-state index in [-0.39, 0.29) is 17.2 Å². The van der Waals surface area contributed by atoms with Crippen molar-refractivity contribution >= 4 is 11.5 Å². The SMILES string of the molecule is COc1ccc(OCCCC(C)=O)cc1[N+](=O)[O-]. The summed E-state index contributed by atoms with van der Waals surface area (Å²) in [6.45, 7) is 1.86. The van der Waals surface area contributed by atoms with Crippen molar-refractivity contribution in [2.75, 3.05) is 13.7 Å². The van der Waals surface area contributed by atoms with Gasteiger partial charge in [-0.3, -0.25) is 10.1 Å². The molecule has 1 rings (SSSR count). The number of nitro groups is 1. The van der Waals surface area contributed by atoms with Gasteiger partial charge >= 0.3 is 5.69 Å². The number of hydrogen-bond donors (Lipinski definition) is 0. The van der Waals surface area contributed by atoms with Crippen LogP contribution in [0.4, 0.5) is 5.69 Å². The Kier molecular flexibility index (Phi) is 5.10. The zero-order valence-electron chi connectivity index (χ0n) is 10.3. The molecule has 0 amide bonds. The number of hydrogen-bond acceptors (Lipinski definition) is 5. The van der Waals surface area contributed by atoms with Gasteiger partial charge in [0, 0.05) is 6.42 Å². The van der Waals surface area contributed by atoms with Crippen LogP contribution in [0.15, 0.2) is 18.2 Å². The molecule has 0 saturated heterocycles. The number of carbonyl (C=O) groups excluding carboxylic acids is 1. The first-order valence-corrected chi connectivity index (χ1v) is 5.49. The van der Waals surface area contributed by atoms with Crippen LogP contribution in [0.2, 0.25) is 0 Å². The van der Waals surface area contributed by atoms with Crippen LogP contribution in [0.25, 0.3) is 0 Å². The van der Waals surface area contributed by atoms with Crippen molar-refractivity contribution in [3.05, 3.63) is 28.3 Å². The molecule has 0 aliphatic carbocycles. The minimum Gasteiger partial charge on any atom is -0.493 e. The Bertz CT molecular complexity index is 444. The van der Waals surface area contributed by atoms with Crippen molar-refractivity contribution < 1.29 is 19.2 Å². The third kappa shape index (κ3) is 4.04. The van der Waals surface area contributed by atoms with Gasteiger partial charge in [-0.2, -0.15) is 0 Å². The first kappa shape index (κ1) is 14.0. The molecular weight excluding hydrogens is 238 g/mol. The van der Waals surface area contributed by atoms with Gasteiger partial charge in [-0.05, 0) is 25.5 Å². The fraction of sp³-hybridized carbons (Fsp3) is 0.417. The Morgan fingerprint density at radius 1 is 1.44 bits per heavy atom. The molecule has 0 aliphatic heterocycles. The molecule has 6 heteroatoms. The molecule has 98 valence electrons. The van der Waals surface area contributed by atoms with Crippen molar-refractivity contribution in [2.24, 2.45) is 0 Å². The highest BCUT2D eigenvalue weighted by atomic mass is 16.6. The summed E-state index contributed by atoms with van der Waals surface area (Å²) < 4.78 is 10.2. The fourth-order valence-electron chi connectivity index (χ4n) is 1.41. The Balaban J connectivity index is 2.64. The molecule has 0 unspecified atom stereocenters. The summed E-state index contributed by atoms with van der Waals surface area (Å²) in [6.07, 6.45) is 1.04. The van der Waals surface area contributed by atoms with E-state index in [0.717, 1.165) is 0 Å². The van der Waals surface area contributed by atoms with Crippen molar-refractivity contribution in [2.45, 2.75) is 19.8 Å². The Morgan fingerprint density at radius 3 is 2.72 bits per heavy atom. The van der Waals surface area contributed by atoms with Crippen molar-refractivity contribution in [1.82, 2.24) is 0 Å². The number of Topliss-reactive ketones (excluding diaryl/α,β-unsaturated/α-hetero) is 1. The summed E-state index contributed by atoms with van der Waals surface area (Å²) in [7, 11) is 1.37. The van der Waals surface area contributed by atoms with E-state index in [1.165, 1.54) is 26.2 Å². The average molecular weight is 253 g/mol. The van der Waals surface area contributed by atoms with Gasteiger partial charge in [0.25, 0.3) is 0 Å². The van der Waals surface area contributed by atoms with Gasteiger partial charge in [-0.15, -0.1) is 0 Å². The number of ketones is 1. The van der Waals surface area contributed by atoms with Crippen molar-refractivity contribution in [3.63, 3.8) is 0 Å². The third-order valence-corrected chi connectivity index (χ3v) is 2.29. The van der Waals surface area contributed by atoms with Crippen molar-refractivity contribution in [1.29, 1.82) is 0 Å². The van der Waals surface area contributed by atoms with Crippen LogP contribution < -0.4 is 9.47 Å². The zero-order valence-corrected chi connectivity index (χ0v) is 10.3. The average Bonchev–Trinajstić information content (AvgIpc) is 2.34. The molecule has 0 spiro atoms. The van der Waals surface area contributed by atoms with E-state index >= 15 is 0 Å². The van der Waals surface area contributed by atoms with Gasteiger partial charge < -0.3 is 14.3 Å². The molecule has 6 nitrogen and oxygen atoms in total. The number of ether oxygens (including phenoxy) is 2. The largest absolute Gasteiger partial charge is 0.493 e. The highest BCUT2D eigenvalue weighted by molar-refractivity contribution is 5.75. The van der Waals surface area contributed by atoms with Crippen LogP contribution in [0.5, 0.6) is 11.5 Å². The van der Waals surface area contributed by atoms with Crippen LogP contribution in [0.1, 0.15) is 19.8 Å². The first-order chi connectivity index (χ1) is 8.54. The lowest BCUT2D eigenvalue weighted by Gasteiger charge is -2.07. The number of carbonyl (C=O) groups is 1. The molecule has 0 atom stereocenters. The van der Waals surface area contributed by atoms with Crippen LogP contribution in [-0.4, -0.2) is 24.4 Å². The summed E-state index contributed by atoms with van der Waals surface area (Å²) >= 11 is 0. The maximum atomic E-state index is 10.8. The number of nitro benzene ring substituents is 1. The second-order valence-electron chi connectivity index (χ2n) is 3.74. The second kappa shape index (κ2) is 6.58. The number of methoxy groups -OCH3 is 1. The lowest BCUT2D eigenvalue weighted by atomic mass is 10.2. The minimum absolute atomic E-state index is 0.0966. The topological polar surface area (TPSA) is 78.7 Å². The quantitative estimate of drug-likeness (QED) is 0.423. The van der Waals surface area contributed by atoms with E-state index in [0.29, 0.717) is 25.2 Å². The molecule has 0 aliphatic rings. The molecule has 1 aromatic rings. The second-order valence-corrected chi connectivity index (χ2v) is 3.74. The number of nitrogens with zero attached hydrogens (tertiary/aromatic N) is 1. The van der Waals surface area contributed by atoms with Crippen LogP contribution in [-0.2, 0) is 4.79 Å². The number of rotatable bonds is 7. The van der Waals surface area contributed by atoms with Gasteiger partial charge in [-0.1, -0.05) is 0 Å². The summed E-state index contributed by atoms with van der Waals surface area (Å²) in [6, 6.07) is 4.39. The fourth-order valence-corrected chi connectivity index (χ4v) is 1.41. The third-order valence-electron chi connectivity index (χ3n) is 2.29. The monoisotopic (exact) mass is 253 g/mol. The van der Waals surface area contributed by atoms with E-state index in [1.807, 2.05) is 0 Å². The van der Waals surface area contributed by atoms with E-state index in [1.54, 1.807) is 6.07 Å². The molecule has 0 N–H and O–H groups in total. The molecular formula is C12H15NO5. The van der Waals surface area contributed by atoms with Gasteiger partial charge in [-0.25, -0.2) is 0 Å². The van der Waals surface area contributed by atoms with Crippen LogP contribution in [0.3, 0.4) is 0 Å². The van der Waals surface area contributed by atoms with Gasteiger partial charge in [0.05, 0.1) is 24.7 Å². The molecule has 0 fully saturated rings. The van der Waals surface area contributed by atoms with Crippen molar-refractivity contribution in [3.8, 4) is 11.5 Å². The molecule has 0 heterocycles. The predicted molar refractivity (Wildman–Crippen MR) is 65.1 cm³/mol.